The molecule has 0 unspecified atom stereocenters. The molecule has 0 saturated carbocycles. The van der Waals surface area contributed by atoms with Crippen LogP contribution in [0.15, 0.2) is 36.8 Å². The number of nitriles is 1. The number of nitrogens with zero attached hydrogens (tertiary/aromatic N) is 3. The number of hydrogen-bond donors (Lipinski definition) is 0. The number of rotatable bonds is 4. The molecule has 0 atom stereocenters. The molecule has 1 aromatic heterocycles. The Kier molecular flexibility index (Phi) is 3.72. The zero-order valence-electron chi connectivity index (χ0n) is 9.83. The molecule has 0 fully saturated rings. The lowest BCUT2D eigenvalue weighted by Gasteiger charge is -2.11. The number of benzene rings is 1. The van der Waals surface area contributed by atoms with Crippen LogP contribution in [-0.2, 0) is 6.61 Å². The molecule has 1 heterocycles. The predicted molar refractivity (Wildman–Crippen MR) is 64.1 cm³/mol. The summed E-state index contributed by atoms with van der Waals surface area (Å²) >= 11 is 0. The van der Waals surface area contributed by atoms with E-state index in [1.165, 1.54) is 7.11 Å². The lowest BCUT2D eigenvalue weighted by atomic mass is 10.2. The van der Waals surface area contributed by atoms with Crippen molar-refractivity contribution in [3.63, 3.8) is 0 Å². The maximum atomic E-state index is 9.02. The second-order valence-electron chi connectivity index (χ2n) is 3.43. The first-order valence-electron chi connectivity index (χ1n) is 5.30. The van der Waals surface area contributed by atoms with Gasteiger partial charge in [-0.05, 0) is 12.1 Å². The third-order valence-corrected chi connectivity index (χ3v) is 2.30. The van der Waals surface area contributed by atoms with Gasteiger partial charge in [-0.25, -0.2) is 0 Å². The van der Waals surface area contributed by atoms with Crippen LogP contribution >= 0.6 is 0 Å². The van der Waals surface area contributed by atoms with Gasteiger partial charge in [-0.1, -0.05) is 6.07 Å². The van der Waals surface area contributed by atoms with E-state index in [2.05, 4.69) is 16.0 Å². The molecule has 0 aliphatic heterocycles. The van der Waals surface area contributed by atoms with E-state index in [-0.39, 0.29) is 6.61 Å². The first-order valence-corrected chi connectivity index (χ1v) is 5.30. The maximum Gasteiger partial charge on any atom is 0.179 e. The van der Waals surface area contributed by atoms with E-state index in [0.29, 0.717) is 22.8 Å². The molecule has 1 aromatic carbocycles. The molecule has 0 spiro atoms. The molecule has 0 bridgehead atoms. The van der Waals surface area contributed by atoms with Gasteiger partial charge in [0.05, 0.1) is 24.6 Å². The summed E-state index contributed by atoms with van der Waals surface area (Å²) in [7, 11) is 1.53. The van der Waals surface area contributed by atoms with E-state index < -0.39 is 0 Å². The van der Waals surface area contributed by atoms with Gasteiger partial charge in [0.1, 0.15) is 12.7 Å². The molecule has 0 amide bonds. The van der Waals surface area contributed by atoms with Gasteiger partial charge in [-0.3, -0.25) is 9.97 Å². The Morgan fingerprint density at radius 1 is 1.33 bits per heavy atom. The minimum atomic E-state index is 0.239. The normalized spacial score (nSPS) is 9.56. The standard InChI is InChI=1S/C13H11N3O2/c1-17-12-4-2-3-10(7-14)13(12)18-9-11-8-15-5-6-16-11/h2-6,8H,9H2,1H3. The maximum absolute atomic E-state index is 9.02. The molecule has 0 aliphatic rings. The second-order valence-corrected chi connectivity index (χ2v) is 3.43. The third kappa shape index (κ3) is 2.55. The summed E-state index contributed by atoms with van der Waals surface area (Å²) in [5, 5.41) is 9.02. The van der Waals surface area contributed by atoms with Gasteiger partial charge in [-0.2, -0.15) is 5.26 Å². The van der Waals surface area contributed by atoms with Gasteiger partial charge < -0.3 is 9.47 Å². The molecular weight excluding hydrogens is 230 g/mol. The number of hydrogen-bond acceptors (Lipinski definition) is 5. The van der Waals surface area contributed by atoms with Crippen LogP contribution in [0.3, 0.4) is 0 Å². The first-order chi connectivity index (χ1) is 8.85. The smallest absolute Gasteiger partial charge is 0.179 e. The Balaban J connectivity index is 2.21. The lowest BCUT2D eigenvalue weighted by molar-refractivity contribution is 0.279. The topological polar surface area (TPSA) is 68.0 Å². The SMILES string of the molecule is COc1cccc(C#N)c1OCc1cnccn1. The highest BCUT2D eigenvalue weighted by molar-refractivity contribution is 5.52. The summed E-state index contributed by atoms with van der Waals surface area (Å²) in [4.78, 5) is 8.04. The second kappa shape index (κ2) is 5.64. The van der Waals surface area contributed by atoms with E-state index >= 15 is 0 Å². The average molecular weight is 241 g/mol. The minimum Gasteiger partial charge on any atom is -0.493 e. The van der Waals surface area contributed by atoms with E-state index in [9.17, 15) is 0 Å². The third-order valence-electron chi connectivity index (χ3n) is 2.30. The van der Waals surface area contributed by atoms with Gasteiger partial charge in [0.15, 0.2) is 11.5 Å². The van der Waals surface area contributed by atoms with E-state index in [1.807, 2.05) is 0 Å². The van der Waals surface area contributed by atoms with Crippen molar-refractivity contribution in [1.82, 2.24) is 9.97 Å². The van der Waals surface area contributed by atoms with Gasteiger partial charge in [0.25, 0.3) is 0 Å². The monoisotopic (exact) mass is 241 g/mol. The highest BCUT2D eigenvalue weighted by atomic mass is 16.5. The number of methoxy groups -OCH3 is 1. The Morgan fingerprint density at radius 2 is 2.22 bits per heavy atom. The molecule has 2 rings (SSSR count). The number of para-hydroxylation sites is 1. The summed E-state index contributed by atoms with van der Waals surface area (Å²) < 4.78 is 10.8. The molecule has 0 N–H and O–H groups in total. The van der Waals surface area contributed by atoms with Crippen LogP contribution < -0.4 is 9.47 Å². The van der Waals surface area contributed by atoms with Crippen molar-refractivity contribution >= 4 is 0 Å². The number of aromatic nitrogens is 2. The zero-order chi connectivity index (χ0) is 12.8. The van der Waals surface area contributed by atoms with Crippen molar-refractivity contribution < 1.29 is 9.47 Å². The fourth-order valence-electron chi connectivity index (χ4n) is 1.46. The Morgan fingerprint density at radius 3 is 2.89 bits per heavy atom. The summed E-state index contributed by atoms with van der Waals surface area (Å²) in [6, 6.07) is 7.23. The van der Waals surface area contributed by atoms with Gasteiger partial charge >= 0.3 is 0 Å². The molecule has 90 valence electrons. The largest absolute Gasteiger partial charge is 0.493 e. The molecular formula is C13H11N3O2. The van der Waals surface area contributed by atoms with Crippen LogP contribution in [0.25, 0.3) is 0 Å². The van der Waals surface area contributed by atoms with Crippen LogP contribution in [0.5, 0.6) is 11.5 Å². The van der Waals surface area contributed by atoms with E-state index in [4.69, 9.17) is 14.7 Å². The van der Waals surface area contributed by atoms with Crippen LogP contribution in [0.4, 0.5) is 0 Å². The molecule has 5 nitrogen and oxygen atoms in total. The van der Waals surface area contributed by atoms with Crippen LogP contribution in [0, 0.1) is 11.3 Å². The fourth-order valence-corrected chi connectivity index (χ4v) is 1.46. The molecule has 5 heteroatoms. The van der Waals surface area contributed by atoms with Crippen molar-refractivity contribution in [2.24, 2.45) is 0 Å². The molecule has 0 saturated heterocycles. The van der Waals surface area contributed by atoms with Crippen molar-refractivity contribution in [2.45, 2.75) is 6.61 Å². The highest BCUT2D eigenvalue weighted by Crippen LogP contribution is 2.30. The zero-order valence-corrected chi connectivity index (χ0v) is 9.83. The molecule has 18 heavy (non-hydrogen) atoms. The van der Waals surface area contributed by atoms with Gasteiger partial charge in [0, 0.05) is 12.4 Å². The minimum absolute atomic E-state index is 0.239. The number of ether oxygens (including phenoxy) is 2. The summed E-state index contributed by atoms with van der Waals surface area (Å²) in [6.07, 6.45) is 4.79. The molecule has 0 radical (unpaired) electrons. The van der Waals surface area contributed by atoms with E-state index in [0.717, 1.165) is 0 Å². The van der Waals surface area contributed by atoms with Crippen molar-refractivity contribution in [3.05, 3.63) is 48.0 Å². The van der Waals surface area contributed by atoms with E-state index in [1.54, 1.807) is 36.8 Å². The van der Waals surface area contributed by atoms with Crippen molar-refractivity contribution in [3.8, 4) is 17.6 Å². The van der Waals surface area contributed by atoms with Crippen LogP contribution in [0.2, 0.25) is 0 Å². The highest BCUT2D eigenvalue weighted by Gasteiger charge is 2.10. The van der Waals surface area contributed by atoms with Gasteiger partial charge in [-0.15, -0.1) is 0 Å². The van der Waals surface area contributed by atoms with Crippen LogP contribution in [0.1, 0.15) is 11.3 Å². The summed E-state index contributed by atoms with van der Waals surface area (Å²) in [5.74, 6) is 0.950. The molecule has 0 aliphatic carbocycles. The lowest BCUT2D eigenvalue weighted by Crippen LogP contribution is -2.01. The summed E-state index contributed by atoms with van der Waals surface area (Å²) in [5.41, 5.74) is 1.12. The first kappa shape index (κ1) is 11.9. The average Bonchev–Trinajstić information content (AvgIpc) is 2.45. The van der Waals surface area contributed by atoms with Crippen molar-refractivity contribution in [1.29, 1.82) is 5.26 Å². The van der Waals surface area contributed by atoms with Gasteiger partial charge in [0.2, 0.25) is 0 Å². The Hall–Kier alpha value is -2.61. The fraction of sp³-hybridized carbons (Fsp3) is 0.154. The van der Waals surface area contributed by atoms with Crippen LogP contribution in [-0.4, -0.2) is 17.1 Å². The Bertz CT molecular complexity index is 564. The summed E-state index contributed by atoms with van der Waals surface area (Å²) in [6.45, 7) is 0.239. The Labute approximate surface area is 105 Å². The molecule has 2 aromatic rings. The quantitative estimate of drug-likeness (QED) is 0.818. The predicted octanol–water partition coefficient (Wildman–Crippen LogP) is 1.94. The van der Waals surface area contributed by atoms with Crippen molar-refractivity contribution in [2.75, 3.05) is 7.11 Å².